The lowest BCUT2D eigenvalue weighted by Gasteiger charge is -2.55. The van der Waals surface area contributed by atoms with Gasteiger partial charge in [-0.05, 0) is 74.5 Å². The number of hydrogen-bond acceptors (Lipinski definition) is 6. The number of methoxy groups -OCH3 is 1. The zero-order chi connectivity index (χ0) is 27.6. The third-order valence-corrected chi connectivity index (χ3v) is 12.4. The fraction of sp³-hybridized carbons (Fsp3) is 0.438. The van der Waals surface area contributed by atoms with Gasteiger partial charge in [0, 0.05) is 23.8 Å². The Balaban J connectivity index is 1.36. The van der Waals surface area contributed by atoms with Crippen LogP contribution in [0.25, 0.3) is 0 Å². The minimum Gasteiger partial charge on any atom is -0.468 e. The van der Waals surface area contributed by atoms with E-state index in [-0.39, 0.29) is 35.4 Å². The molecule has 2 aliphatic heterocycles. The van der Waals surface area contributed by atoms with E-state index in [1.807, 2.05) is 48.5 Å². The maximum atomic E-state index is 14.5. The van der Waals surface area contributed by atoms with Gasteiger partial charge in [-0.2, -0.15) is 0 Å². The zero-order valence-corrected chi connectivity index (χ0v) is 24.1. The molecule has 6 aliphatic rings. The van der Waals surface area contributed by atoms with Gasteiger partial charge in [-0.25, -0.2) is 0 Å². The maximum Gasteiger partial charge on any atom is 0.323 e. The first-order valence-electron chi connectivity index (χ1n) is 14.1. The summed E-state index contributed by atoms with van der Waals surface area (Å²) in [5, 5.41) is 3.61. The Labute approximate surface area is 245 Å². The second-order valence-corrected chi connectivity index (χ2v) is 13.6. The first-order chi connectivity index (χ1) is 19.4. The van der Waals surface area contributed by atoms with Crippen molar-refractivity contribution in [3.63, 3.8) is 0 Å². The third kappa shape index (κ3) is 2.75. The number of ketones is 1. The number of amides is 2. The lowest BCUT2D eigenvalue weighted by Crippen LogP contribution is -2.60. The molecule has 3 saturated carbocycles. The fourth-order valence-electron chi connectivity index (χ4n) is 10.1. The molecule has 4 aliphatic carbocycles. The number of anilines is 1. The Morgan fingerprint density at radius 3 is 2.30 bits per heavy atom. The van der Waals surface area contributed by atoms with Gasteiger partial charge < -0.3 is 4.74 Å². The van der Waals surface area contributed by atoms with Gasteiger partial charge in [-0.1, -0.05) is 54.6 Å². The number of ether oxygens (including phenoxy) is 1. The van der Waals surface area contributed by atoms with Crippen LogP contribution in [0.15, 0.2) is 70.3 Å². The molecule has 2 saturated heterocycles. The average Bonchev–Trinajstić information content (AvgIpc) is 3.61. The number of rotatable bonds is 3. The van der Waals surface area contributed by atoms with Gasteiger partial charge in [0.1, 0.15) is 11.8 Å². The van der Waals surface area contributed by atoms with Crippen LogP contribution in [0.4, 0.5) is 5.69 Å². The predicted molar refractivity (Wildman–Crippen MR) is 154 cm³/mol. The van der Waals surface area contributed by atoms with E-state index >= 15 is 0 Å². The summed E-state index contributed by atoms with van der Waals surface area (Å²) in [6.07, 6.45) is 4.24. The van der Waals surface area contributed by atoms with E-state index in [4.69, 9.17) is 4.74 Å². The molecule has 8 rings (SSSR count). The van der Waals surface area contributed by atoms with Crippen molar-refractivity contribution in [2.45, 2.75) is 31.3 Å². The minimum absolute atomic E-state index is 0.0856. The summed E-state index contributed by atoms with van der Waals surface area (Å²) in [4.78, 5) is 57.6. The lowest BCUT2D eigenvalue weighted by atomic mass is 9.45. The summed E-state index contributed by atoms with van der Waals surface area (Å²) in [6, 6.07) is 17.9. The van der Waals surface area contributed by atoms with Crippen LogP contribution in [0.1, 0.15) is 30.9 Å². The highest BCUT2D eigenvalue weighted by atomic mass is 127. The molecule has 40 heavy (non-hydrogen) atoms. The van der Waals surface area contributed by atoms with Gasteiger partial charge >= 0.3 is 5.97 Å². The Hall–Kier alpha value is -2.85. The number of benzene rings is 2. The summed E-state index contributed by atoms with van der Waals surface area (Å²) >= 11 is 2.41. The van der Waals surface area contributed by atoms with Gasteiger partial charge in [0.05, 0.1) is 30.0 Å². The maximum absolute atomic E-state index is 14.5. The zero-order valence-electron chi connectivity index (χ0n) is 22.0. The number of para-hydroxylation sites is 1. The number of hydrogen-bond donors (Lipinski definition) is 1. The van der Waals surface area contributed by atoms with E-state index in [9.17, 15) is 19.2 Å². The van der Waals surface area contributed by atoms with Crippen LogP contribution >= 0.6 is 22.6 Å². The SMILES string of the molecule is COC(=O)[C@H]1N[C@@H](c2ccccc2)[C@]23C(=O)CC[C@]24C=C(I)[C@@H](C4)[C@H]2[C@@H]4C(=O)N(c5ccccc5)C(=O)[C@@H]4[C@H]2[C@H]13. The van der Waals surface area contributed by atoms with Crippen LogP contribution in [0, 0.1) is 46.3 Å². The number of carbonyl (C=O) groups is 4. The first kappa shape index (κ1) is 24.9. The van der Waals surface area contributed by atoms with Crippen molar-refractivity contribution in [2.75, 3.05) is 12.0 Å². The number of halogens is 1. The Morgan fingerprint density at radius 2 is 1.62 bits per heavy atom. The van der Waals surface area contributed by atoms with E-state index in [0.29, 0.717) is 12.1 Å². The quantitative estimate of drug-likeness (QED) is 0.305. The van der Waals surface area contributed by atoms with Crippen molar-refractivity contribution in [1.82, 2.24) is 5.32 Å². The summed E-state index contributed by atoms with van der Waals surface area (Å²) in [6.45, 7) is 0. The van der Waals surface area contributed by atoms with Crippen molar-refractivity contribution >= 4 is 51.8 Å². The molecule has 0 unspecified atom stereocenters. The number of esters is 1. The van der Waals surface area contributed by atoms with Crippen LogP contribution in [0.3, 0.4) is 0 Å². The molecule has 1 N–H and O–H groups in total. The van der Waals surface area contributed by atoms with E-state index in [2.05, 4.69) is 34.0 Å². The van der Waals surface area contributed by atoms with E-state index in [1.54, 1.807) is 12.1 Å². The molecular weight excluding hydrogens is 619 g/mol. The molecule has 7 nitrogen and oxygen atoms in total. The summed E-state index contributed by atoms with van der Waals surface area (Å²) in [5.74, 6) is -2.38. The molecule has 2 aromatic carbocycles. The molecule has 10 atom stereocenters. The Bertz CT molecular complexity index is 1510. The summed E-state index contributed by atoms with van der Waals surface area (Å²) in [5.41, 5.74) is 0.194. The third-order valence-electron chi connectivity index (χ3n) is 11.3. The van der Waals surface area contributed by atoms with Crippen molar-refractivity contribution in [1.29, 1.82) is 0 Å². The number of carbonyl (C=O) groups excluding carboxylic acids is 4. The topological polar surface area (TPSA) is 92.8 Å². The lowest BCUT2D eigenvalue weighted by molar-refractivity contribution is -0.160. The molecule has 0 aromatic heterocycles. The molecule has 204 valence electrons. The number of nitrogens with zero attached hydrogens (tertiary/aromatic N) is 1. The Kier molecular flexibility index (Phi) is 5.20. The van der Waals surface area contributed by atoms with Gasteiger partial charge in [0.2, 0.25) is 11.8 Å². The standard InChI is InChI=1S/C32H29IN2O5/c1-40-30(39)26-25-22-21(23-24(22)29(38)35(28(23)37)17-10-6-3-7-11-17)18-14-31(15-19(18)33)13-12-20(36)32(25,31)27(34-26)16-8-4-2-5-9-16/h2-11,15,18,21-27,34H,12-14H2,1H3/t18-,21-,22+,23+,24-,25-,26+,27+,31+,32-/m1/s1. The second kappa shape index (κ2) is 8.35. The van der Waals surface area contributed by atoms with Gasteiger partial charge in [0.25, 0.3) is 0 Å². The molecular formula is C32H29IN2O5. The molecule has 2 heterocycles. The van der Waals surface area contributed by atoms with E-state index < -0.39 is 46.6 Å². The van der Waals surface area contributed by atoms with Crippen LogP contribution in [0.2, 0.25) is 0 Å². The molecule has 2 bridgehead atoms. The minimum atomic E-state index is -0.910. The average molecular weight is 648 g/mol. The number of Topliss-reactive ketones (excluding diaryl/α,β-unsaturated/α-hetero) is 1. The largest absolute Gasteiger partial charge is 0.468 e. The summed E-state index contributed by atoms with van der Waals surface area (Å²) in [7, 11) is 1.38. The van der Waals surface area contributed by atoms with Crippen molar-refractivity contribution in [2.24, 2.45) is 46.3 Å². The van der Waals surface area contributed by atoms with Crippen molar-refractivity contribution in [3.05, 3.63) is 75.9 Å². The van der Waals surface area contributed by atoms with Crippen LogP contribution in [0.5, 0.6) is 0 Å². The van der Waals surface area contributed by atoms with Gasteiger partial charge in [-0.15, -0.1) is 0 Å². The first-order valence-corrected chi connectivity index (χ1v) is 15.2. The predicted octanol–water partition coefficient (Wildman–Crippen LogP) is 4.23. The highest BCUT2D eigenvalue weighted by Gasteiger charge is 2.82. The number of fused-ring (bicyclic) bond motifs is 7. The van der Waals surface area contributed by atoms with E-state index in [0.717, 1.165) is 18.4 Å². The highest BCUT2D eigenvalue weighted by Crippen LogP contribution is 2.79. The molecule has 8 heteroatoms. The second-order valence-electron chi connectivity index (χ2n) is 12.4. The van der Waals surface area contributed by atoms with Gasteiger partial charge in [0.15, 0.2) is 0 Å². The molecule has 0 radical (unpaired) electrons. The summed E-state index contributed by atoms with van der Waals surface area (Å²) < 4.78 is 6.54. The Morgan fingerprint density at radius 1 is 0.975 bits per heavy atom. The molecule has 2 spiro atoms. The van der Waals surface area contributed by atoms with Gasteiger partial charge in [-0.3, -0.25) is 29.4 Å². The normalized spacial score (nSPS) is 42.4. The van der Waals surface area contributed by atoms with Crippen molar-refractivity contribution < 1.29 is 23.9 Å². The van der Waals surface area contributed by atoms with Crippen LogP contribution in [-0.4, -0.2) is 36.7 Å². The number of nitrogens with one attached hydrogen (secondary N) is 1. The van der Waals surface area contributed by atoms with Crippen LogP contribution < -0.4 is 10.2 Å². The number of allylic oxidation sites excluding steroid dienone is 2. The smallest absolute Gasteiger partial charge is 0.323 e. The van der Waals surface area contributed by atoms with Crippen molar-refractivity contribution in [3.8, 4) is 0 Å². The fourth-order valence-corrected chi connectivity index (χ4v) is 11.3. The molecule has 5 fully saturated rings. The highest BCUT2D eigenvalue weighted by molar-refractivity contribution is 14.1. The monoisotopic (exact) mass is 648 g/mol. The van der Waals surface area contributed by atoms with Crippen LogP contribution in [-0.2, 0) is 23.9 Å². The number of imide groups is 1. The van der Waals surface area contributed by atoms with E-state index in [1.165, 1.54) is 15.6 Å². The molecule has 2 aromatic rings. The molecule has 2 amide bonds.